The zero-order chi connectivity index (χ0) is 14.1. The first-order valence-corrected chi connectivity index (χ1v) is 7.54. The minimum Gasteiger partial charge on any atom is -0.494 e. The van der Waals surface area contributed by atoms with Crippen molar-refractivity contribution in [2.45, 2.75) is 59.0 Å². The van der Waals surface area contributed by atoms with Crippen LogP contribution in [-0.4, -0.2) is 11.7 Å². The van der Waals surface area contributed by atoms with E-state index < -0.39 is 0 Å². The monoisotopic (exact) mass is 264 g/mol. The lowest BCUT2D eigenvalue weighted by Gasteiger charge is -2.13. The van der Waals surface area contributed by atoms with Gasteiger partial charge in [0, 0.05) is 0 Å². The average molecular weight is 264 g/mol. The predicted molar refractivity (Wildman–Crippen MR) is 80.5 cm³/mol. The van der Waals surface area contributed by atoms with Crippen LogP contribution in [-0.2, 0) is 0 Å². The van der Waals surface area contributed by atoms with Crippen molar-refractivity contribution in [1.82, 2.24) is 0 Å². The number of benzene rings is 1. The molecule has 0 fully saturated rings. The fraction of sp³-hybridized carbons (Fsp3) is 0.647. The van der Waals surface area contributed by atoms with Gasteiger partial charge in [-0.15, -0.1) is 0 Å². The van der Waals surface area contributed by atoms with E-state index in [9.17, 15) is 5.11 Å². The minimum atomic E-state index is -0.344. The number of unbranched alkanes of at least 4 members (excludes halogenated alkanes) is 1. The quantitative estimate of drug-likeness (QED) is 0.654. The third kappa shape index (κ3) is 6.63. The predicted octanol–water partition coefficient (Wildman–Crippen LogP) is 4.73. The van der Waals surface area contributed by atoms with Gasteiger partial charge in [0.25, 0.3) is 0 Å². The van der Waals surface area contributed by atoms with E-state index in [1.807, 2.05) is 24.3 Å². The molecule has 0 saturated heterocycles. The van der Waals surface area contributed by atoms with Crippen molar-refractivity contribution in [3.63, 3.8) is 0 Å². The highest BCUT2D eigenvalue weighted by molar-refractivity contribution is 5.28. The molecule has 1 rings (SSSR count). The molecular formula is C17H28O2. The molecular weight excluding hydrogens is 236 g/mol. The third-order valence-corrected chi connectivity index (χ3v) is 3.29. The normalized spacial score (nSPS) is 12.7. The summed E-state index contributed by atoms with van der Waals surface area (Å²) in [5.74, 6) is 1.60. The first-order chi connectivity index (χ1) is 9.13. The second-order valence-electron chi connectivity index (χ2n) is 5.61. The van der Waals surface area contributed by atoms with Crippen LogP contribution in [0.3, 0.4) is 0 Å². The minimum absolute atomic E-state index is 0.344. The van der Waals surface area contributed by atoms with Gasteiger partial charge in [0.15, 0.2) is 0 Å². The summed E-state index contributed by atoms with van der Waals surface area (Å²) in [6.45, 7) is 7.36. The van der Waals surface area contributed by atoms with Gasteiger partial charge >= 0.3 is 0 Å². The maximum atomic E-state index is 10.1. The summed E-state index contributed by atoms with van der Waals surface area (Å²) in [4.78, 5) is 0. The lowest BCUT2D eigenvalue weighted by molar-refractivity contribution is 0.162. The van der Waals surface area contributed by atoms with E-state index in [1.54, 1.807) is 0 Å². The van der Waals surface area contributed by atoms with Crippen LogP contribution in [0.15, 0.2) is 24.3 Å². The lowest BCUT2D eigenvalue weighted by Crippen LogP contribution is -2.00. The van der Waals surface area contributed by atoms with E-state index in [4.69, 9.17) is 4.74 Å². The summed E-state index contributed by atoms with van der Waals surface area (Å²) >= 11 is 0. The van der Waals surface area contributed by atoms with Gasteiger partial charge in [-0.05, 0) is 36.5 Å². The third-order valence-electron chi connectivity index (χ3n) is 3.29. The van der Waals surface area contributed by atoms with Crippen LogP contribution in [0.1, 0.15) is 64.5 Å². The van der Waals surface area contributed by atoms with Gasteiger partial charge in [-0.3, -0.25) is 0 Å². The van der Waals surface area contributed by atoms with Crippen molar-refractivity contribution < 1.29 is 9.84 Å². The van der Waals surface area contributed by atoms with Gasteiger partial charge in [-0.2, -0.15) is 0 Å². The summed E-state index contributed by atoms with van der Waals surface area (Å²) in [5, 5.41) is 10.1. The molecule has 0 aliphatic carbocycles. The Labute approximate surface area is 117 Å². The van der Waals surface area contributed by atoms with Gasteiger partial charge in [0.05, 0.1) is 12.7 Å². The molecule has 0 aliphatic heterocycles. The summed E-state index contributed by atoms with van der Waals surface area (Å²) in [6, 6.07) is 7.86. The summed E-state index contributed by atoms with van der Waals surface area (Å²) in [7, 11) is 0. The molecule has 0 heterocycles. The zero-order valence-electron chi connectivity index (χ0n) is 12.6. The maximum absolute atomic E-state index is 10.1. The standard InChI is InChI=1S/C17H28O2/c1-4-5-13-19-16-11-9-15(10-12-16)17(18)8-6-7-14(2)3/h9-12,14,17-18H,4-8,13H2,1-3H3. The fourth-order valence-electron chi connectivity index (χ4n) is 2.01. The molecule has 19 heavy (non-hydrogen) atoms. The Kier molecular flexibility index (Phi) is 7.57. The zero-order valence-corrected chi connectivity index (χ0v) is 12.6. The van der Waals surface area contributed by atoms with Crippen molar-refractivity contribution in [3.05, 3.63) is 29.8 Å². The highest BCUT2D eigenvalue weighted by Crippen LogP contribution is 2.23. The average Bonchev–Trinajstić information content (AvgIpc) is 2.39. The highest BCUT2D eigenvalue weighted by Gasteiger charge is 2.07. The molecule has 1 atom stereocenters. The van der Waals surface area contributed by atoms with Crippen molar-refractivity contribution in [2.24, 2.45) is 5.92 Å². The molecule has 2 nitrogen and oxygen atoms in total. The molecule has 0 spiro atoms. The Hall–Kier alpha value is -1.02. The van der Waals surface area contributed by atoms with Gasteiger partial charge in [-0.25, -0.2) is 0 Å². The highest BCUT2D eigenvalue weighted by atomic mass is 16.5. The van der Waals surface area contributed by atoms with E-state index in [0.717, 1.165) is 43.6 Å². The molecule has 0 radical (unpaired) electrons. The van der Waals surface area contributed by atoms with E-state index in [1.165, 1.54) is 6.42 Å². The number of hydrogen-bond donors (Lipinski definition) is 1. The lowest BCUT2D eigenvalue weighted by atomic mass is 10.0. The van der Waals surface area contributed by atoms with Crippen LogP contribution in [0.4, 0.5) is 0 Å². The molecule has 1 unspecified atom stereocenters. The van der Waals surface area contributed by atoms with Crippen molar-refractivity contribution >= 4 is 0 Å². The van der Waals surface area contributed by atoms with Crippen LogP contribution in [0.5, 0.6) is 5.75 Å². The number of rotatable bonds is 9. The Morgan fingerprint density at radius 2 is 1.74 bits per heavy atom. The molecule has 0 aromatic heterocycles. The molecule has 1 aromatic carbocycles. The van der Waals surface area contributed by atoms with Gasteiger partial charge in [-0.1, -0.05) is 52.2 Å². The van der Waals surface area contributed by atoms with E-state index in [2.05, 4.69) is 20.8 Å². The fourth-order valence-corrected chi connectivity index (χ4v) is 2.01. The Morgan fingerprint density at radius 1 is 1.05 bits per heavy atom. The smallest absolute Gasteiger partial charge is 0.119 e. The van der Waals surface area contributed by atoms with E-state index in [-0.39, 0.29) is 6.10 Å². The van der Waals surface area contributed by atoms with Crippen LogP contribution < -0.4 is 4.74 Å². The molecule has 0 amide bonds. The molecule has 0 bridgehead atoms. The first kappa shape index (κ1) is 16.0. The van der Waals surface area contributed by atoms with Crippen LogP contribution >= 0.6 is 0 Å². The van der Waals surface area contributed by atoms with Crippen molar-refractivity contribution in [1.29, 1.82) is 0 Å². The van der Waals surface area contributed by atoms with Crippen molar-refractivity contribution in [2.75, 3.05) is 6.61 Å². The largest absolute Gasteiger partial charge is 0.494 e. The van der Waals surface area contributed by atoms with Crippen LogP contribution in [0, 0.1) is 5.92 Å². The summed E-state index contributed by atoms with van der Waals surface area (Å²) in [6.07, 6.45) is 4.98. The molecule has 0 saturated carbocycles. The Bertz CT molecular complexity index is 330. The maximum Gasteiger partial charge on any atom is 0.119 e. The van der Waals surface area contributed by atoms with Crippen molar-refractivity contribution in [3.8, 4) is 5.75 Å². The van der Waals surface area contributed by atoms with E-state index in [0.29, 0.717) is 5.92 Å². The van der Waals surface area contributed by atoms with Gasteiger partial charge < -0.3 is 9.84 Å². The Morgan fingerprint density at radius 3 is 2.32 bits per heavy atom. The molecule has 1 N–H and O–H groups in total. The van der Waals surface area contributed by atoms with E-state index >= 15 is 0 Å². The van der Waals surface area contributed by atoms with Crippen LogP contribution in [0.25, 0.3) is 0 Å². The second-order valence-corrected chi connectivity index (χ2v) is 5.61. The van der Waals surface area contributed by atoms with Gasteiger partial charge in [0.1, 0.15) is 5.75 Å². The number of aliphatic hydroxyl groups is 1. The van der Waals surface area contributed by atoms with Crippen LogP contribution in [0.2, 0.25) is 0 Å². The Balaban J connectivity index is 2.37. The summed E-state index contributed by atoms with van der Waals surface area (Å²) in [5.41, 5.74) is 0.992. The number of aliphatic hydroxyl groups excluding tert-OH is 1. The summed E-state index contributed by atoms with van der Waals surface area (Å²) < 4.78 is 5.61. The molecule has 2 heteroatoms. The molecule has 108 valence electrons. The SMILES string of the molecule is CCCCOc1ccc(C(O)CCCC(C)C)cc1. The first-order valence-electron chi connectivity index (χ1n) is 7.54. The molecule has 1 aromatic rings. The number of ether oxygens (including phenoxy) is 1. The second kappa shape index (κ2) is 8.98. The van der Waals surface area contributed by atoms with Gasteiger partial charge in [0.2, 0.25) is 0 Å². The topological polar surface area (TPSA) is 29.5 Å². The molecule has 0 aliphatic rings. The number of hydrogen-bond acceptors (Lipinski definition) is 2.